The Labute approximate surface area is 114 Å². The summed E-state index contributed by atoms with van der Waals surface area (Å²) in [6, 6.07) is 7.69. The van der Waals surface area contributed by atoms with E-state index in [1.165, 1.54) is 5.56 Å². The van der Waals surface area contributed by atoms with Crippen molar-refractivity contribution < 1.29 is 4.79 Å². The van der Waals surface area contributed by atoms with Crippen molar-refractivity contribution in [2.24, 2.45) is 0 Å². The summed E-state index contributed by atoms with van der Waals surface area (Å²) in [6.07, 6.45) is 1.11. The van der Waals surface area contributed by atoms with Gasteiger partial charge in [-0.1, -0.05) is 26.0 Å². The van der Waals surface area contributed by atoms with Crippen molar-refractivity contribution in [1.82, 2.24) is 5.32 Å². The zero-order valence-electron chi connectivity index (χ0n) is 11.2. The van der Waals surface area contributed by atoms with Gasteiger partial charge in [-0.15, -0.1) is 11.6 Å². The maximum Gasteiger partial charge on any atom is 0.319 e. The minimum absolute atomic E-state index is 0.0361. The molecular weight excluding hydrogens is 248 g/mol. The molecule has 2 N–H and O–H groups in total. The molecule has 1 rings (SSSR count). The molecule has 1 aromatic rings. The van der Waals surface area contributed by atoms with Gasteiger partial charge in [0.25, 0.3) is 0 Å². The van der Waals surface area contributed by atoms with E-state index in [0.29, 0.717) is 11.8 Å². The fourth-order valence-electron chi connectivity index (χ4n) is 1.56. The number of nitrogens with one attached hydrogen (secondary N) is 2. The lowest BCUT2D eigenvalue weighted by molar-refractivity contribution is 0.250. The Kier molecular flexibility index (Phi) is 5.99. The van der Waals surface area contributed by atoms with Crippen LogP contribution < -0.4 is 10.6 Å². The van der Waals surface area contributed by atoms with Gasteiger partial charge in [0.05, 0.1) is 0 Å². The molecule has 0 saturated heterocycles. The number of carbonyl (C=O) groups is 1. The number of halogens is 1. The first-order valence-corrected chi connectivity index (χ1v) is 6.83. The van der Waals surface area contributed by atoms with Crippen molar-refractivity contribution in [3.63, 3.8) is 0 Å². The molecule has 4 heteroatoms. The second-order valence-corrected chi connectivity index (χ2v) is 4.89. The molecule has 0 aliphatic heterocycles. The second-order valence-electron chi connectivity index (χ2n) is 4.59. The number of alkyl halides is 1. The number of anilines is 1. The van der Waals surface area contributed by atoms with Gasteiger partial charge in [0, 0.05) is 17.6 Å². The Morgan fingerprint density at radius 2 is 1.89 bits per heavy atom. The first-order valence-electron chi connectivity index (χ1n) is 6.30. The third kappa shape index (κ3) is 4.57. The van der Waals surface area contributed by atoms with Crippen molar-refractivity contribution >= 4 is 23.3 Å². The lowest BCUT2D eigenvalue weighted by atomic mass is 9.99. The Hall–Kier alpha value is -1.22. The maximum atomic E-state index is 11.6. The number of rotatable bonds is 5. The van der Waals surface area contributed by atoms with E-state index in [4.69, 9.17) is 11.6 Å². The zero-order chi connectivity index (χ0) is 13.5. The molecule has 100 valence electrons. The van der Waals surface area contributed by atoms with Crippen LogP contribution in [0.15, 0.2) is 24.3 Å². The molecule has 2 atom stereocenters. The average Bonchev–Trinajstić information content (AvgIpc) is 2.38. The van der Waals surface area contributed by atoms with Gasteiger partial charge in [0.15, 0.2) is 0 Å². The third-order valence-corrected chi connectivity index (χ3v) is 3.42. The topological polar surface area (TPSA) is 41.1 Å². The summed E-state index contributed by atoms with van der Waals surface area (Å²) in [6.45, 7) is 6.22. The van der Waals surface area contributed by atoms with Crippen LogP contribution >= 0.6 is 11.6 Å². The molecule has 0 radical (unpaired) electrons. The van der Waals surface area contributed by atoms with Gasteiger partial charge in [-0.2, -0.15) is 0 Å². The van der Waals surface area contributed by atoms with Gasteiger partial charge in [-0.25, -0.2) is 4.79 Å². The lowest BCUT2D eigenvalue weighted by Gasteiger charge is -2.13. The largest absolute Gasteiger partial charge is 0.334 e. The molecular formula is C14H21ClN2O. The molecule has 0 unspecified atom stereocenters. The first-order chi connectivity index (χ1) is 8.56. The van der Waals surface area contributed by atoms with Gasteiger partial charge >= 0.3 is 6.03 Å². The SMILES string of the molecule is CC[C@@H](C)c1ccc(NC(=O)N[C@@H](C)CCl)cc1. The van der Waals surface area contributed by atoms with E-state index in [2.05, 4.69) is 36.6 Å². The highest BCUT2D eigenvalue weighted by atomic mass is 35.5. The Morgan fingerprint density at radius 1 is 1.28 bits per heavy atom. The maximum absolute atomic E-state index is 11.6. The summed E-state index contributed by atoms with van der Waals surface area (Å²) in [5.41, 5.74) is 2.08. The number of hydrogen-bond donors (Lipinski definition) is 2. The monoisotopic (exact) mass is 268 g/mol. The highest BCUT2D eigenvalue weighted by Crippen LogP contribution is 2.20. The standard InChI is InChI=1S/C14H21ClN2O/c1-4-10(2)12-5-7-13(8-6-12)17-14(18)16-11(3)9-15/h5-8,10-11H,4,9H2,1-3H3,(H2,16,17,18)/t10-,11+/m1/s1. The normalized spacial score (nSPS) is 13.8. The molecule has 0 bridgehead atoms. The number of carbonyl (C=O) groups excluding carboxylic acids is 1. The van der Waals surface area contributed by atoms with Crippen LogP contribution in [0.4, 0.5) is 10.5 Å². The number of amides is 2. The Balaban J connectivity index is 2.55. The molecule has 0 aliphatic rings. The quantitative estimate of drug-likeness (QED) is 0.780. The van der Waals surface area contributed by atoms with Crippen molar-refractivity contribution in [2.45, 2.75) is 39.2 Å². The summed E-state index contributed by atoms with van der Waals surface area (Å²) in [4.78, 5) is 11.6. The molecule has 0 heterocycles. The summed E-state index contributed by atoms with van der Waals surface area (Å²) < 4.78 is 0. The van der Waals surface area contributed by atoms with Gasteiger partial charge in [0.2, 0.25) is 0 Å². The van der Waals surface area contributed by atoms with Crippen LogP contribution in [-0.4, -0.2) is 18.0 Å². The summed E-state index contributed by atoms with van der Waals surface area (Å²) in [5.74, 6) is 0.949. The van der Waals surface area contributed by atoms with Gasteiger partial charge in [0.1, 0.15) is 0 Å². The summed E-state index contributed by atoms with van der Waals surface area (Å²) >= 11 is 5.63. The van der Waals surface area contributed by atoms with Crippen molar-refractivity contribution in [1.29, 1.82) is 0 Å². The van der Waals surface area contributed by atoms with Crippen LogP contribution in [0.3, 0.4) is 0 Å². The van der Waals surface area contributed by atoms with E-state index in [0.717, 1.165) is 12.1 Å². The van der Waals surface area contributed by atoms with Gasteiger partial charge in [-0.05, 0) is 37.0 Å². The van der Waals surface area contributed by atoms with E-state index in [-0.39, 0.29) is 12.1 Å². The minimum atomic E-state index is -0.223. The summed E-state index contributed by atoms with van der Waals surface area (Å²) in [7, 11) is 0. The van der Waals surface area contributed by atoms with E-state index < -0.39 is 0 Å². The predicted molar refractivity (Wildman–Crippen MR) is 77.5 cm³/mol. The smallest absolute Gasteiger partial charge is 0.319 e. The van der Waals surface area contributed by atoms with Crippen LogP contribution in [0.5, 0.6) is 0 Å². The number of hydrogen-bond acceptors (Lipinski definition) is 1. The second kappa shape index (κ2) is 7.27. The van der Waals surface area contributed by atoms with Crippen LogP contribution in [0.2, 0.25) is 0 Å². The van der Waals surface area contributed by atoms with Crippen LogP contribution in [0.25, 0.3) is 0 Å². The van der Waals surface area contributed by atoms with Crippen molar-refractivity contribution in [2.75, 3.05) is 11.2 Å². The highest BCUT2D eigenvalue weighted by Gasteiger charge is 2.07. The molecule has 0 aromatic heterocycles. The van der Waals surface area contributed by atoms with E-state index in [1.54, 1.807) is 0 Å². The number of urea groups is 1. The van der Waals surface area contributed by atoms with E-state index in [1.807, 2.05) is 19.1 Å². The fourth-order valence-corrected chi connectivity index (χ4v) is 1.64. The van der Waals surface area contributed by atoms with Crippen LogP contribution in [-0.2, 0) is 0 Å². The van der Waals surface area contributed by atoms with E-state index in [9.17, 15) is 4.79 Å². The summed E-state index contributed by atoms with van der Waals surface area (Å²) in [5, 5.41) is 5.53. The van der Waals surface area contributed by atoms with Crippen LogP contribution in [0.1, 0.15) is 38.7 Å². The molecule has 0 saturated carbocycles. The molecule has 0 fully saturated rings. The third-order valence-electron chi connectivity index (χ3n) is 2.96. The zero-order valence-corrected chi connectivity index (χ0v) is 11.9. The van der Waals surface area contributed by atoms with Crippen molar-refractivity contribution in [3.05, 3.63) is 29.8 Å². The van der Waals surface area contributed by atoms with Gasteiger partial charge in [-0.3, -0.25) is 0 Å². The molecule has 1 aromatic carbocycles. The average molecular weight is 269 g/mol. The van der Waals surface area contributed by atoms with E-state index >= 15 is 0 Å². The predicted octanol–water partition coefficient (Wildman–Crippen LogP) is 3.95. The molecule has 2 amide bonds. The fraction of sp³-hybridized carbons (Fsp3) is 0.500. The molecule has 3 nitrogen and oxygen atoms in total. The van der Waals surface area contributed by atoms with Crippen LogP contribution in [0, 0.1) is 0 Å². The highest BCUT2D eigenvalue weighted by molar-refractivity contribution is 6.18. The Morgan fingerprint density at radius 3 is 2.39 bits per heavy atom. The molecule has 18 heavy (non-hydrogen) atoms. The van der Waals surface area contributed by atoms with Gasteiger partial charge < -0.3 is 10.6 Å². The first kappa shape index (κ1) is 14.8. The molecule has 0 aliphatic carbocycles. The lowest BCUT2D eigenvalue weighted by Crippen LogP contribution is -2.37. The molecule has 0 spiro atoms. The van der Waals surface area contributed by atoms with Crippen molar-refractivity contribution in [3.8, 4) is 0 Å². The number of benzene rings is 1. The minimum Gasteiger partial charge on any atom is -0.334 e. The Bertz CT molecular complexity index is 378.